The molecule has 0 radical (unpaired) electrons. The number of phenolic OH excluding ortho intramolecular Hbond substituents is 1. The fraction of sp³-hybridized carbons (Fsp3) is 0.393. The number of benzene rings is 4. The van der Waals surface area contributed by atoms with E-state index in [2.05, 4.69) is 37.2 Å². The van der Waals surface area contributed by atoms with E-state index < -0.39 is 143 Å². The quantitative estimate of drug-likeness (QED) is 0.00555. The lowest BCUT2D eigenvalue weighted by Gasteiger charge is -2.32. The van der Waals surface area contributed by atoms with Crippen molar-refractivity contribution in [1.29, 1.82) is 0 Å². The van der Waals surface area contributed by atoms with E-state index in [1.165, 1.54) is 66.7 Å². The topological polar surface area (TPSA) is 559 Å². The number of unbranched alkanes of at least 4 members (excludes halogenated alkanes) is 4. The largest absolute Gasteiger partial charge is 0.507 e. The summed E-state index contributed by atoms with van der Waals surface area (Å²) in [5.41, 5.74) is 0.226. The lowest BCUT2D eigenvalue weighted by atomic mass is 9.90. The van der Waals surface area contributed by atoms with Crippen LogP contribution in [-0.2, 0) is 49.6 Å². The summed E-state index contributed by atoms with van der Waals surface area (Å²) < 4.78 is 28.5. The predicted molar refractivity (Wildman–Crippen MR) is 431 cm³/mol. The number of amides is 10. The van der Waals surface area contributed by atoms with E-state index in [0.717, 1.165) is 55.9 Å². The number of aryl methyl sites for hydroxylation is 1. The zero-order valence-electron chi connectivity index (χ0n) is 68.2. The Morgan fingerprint density at radius 1 is 0.451 bits per heavy atom. The number of aliphatic carboxylic acids is 2. The van der Waals surface area contributed by atoms with E-state index in [1.807, 2.05) is 44.2 Å². The number of hydroxylamine groups is 6. The van der Waals surface area contributed by atoms with E-state index in [1.54, 1.807) is 34.6 Å². The second-order valence-corrected chi connectivity index (χ2v) is 27.5. The van der Waals surface area contributed by atoms with Gasteiger partial charge >= 0.3 is 29.8 Å². The number of carbonyl (C=O) groups is 15. The molecule has 0 saturated heterocycles. The van der Waals surface area contributed by atoms with E-state index in [0.29, 0.717) is 59.3 Å². The smallest absolute Gasteiger partial charge is 0.370 e. The van der Waals surface area contributed by atoms with Gasteiger partial charge in [0.05, 0.1) is 92.2 Å². The minimum absolute atomic E-state index is 0.0115. The van der Waals surface area contributed by atoms with Crippen molar-refractivity contribution >= 4 is 90.4 Å². The zero-order valence-corrected chi connectivity index (χ0v) is 68.2. The van der Waals surface area contributed by atoms with Crippen LogP contribution in [0.3, 0.4) is 0 Å². The Balaban J connectivity index is 0.000000518. The van der Waals surface area contributed by atoms with Gasteiger partial charge in [0, 0.05) is 16.7 Å². The molecule has 0 aliphatic rings. The van der Waals surface area contributed by atoms with Crippen LogP contribution in [0.2, 0.25) is 0 Å². The van der Waals surface area contributed by atoms with Gasteiger partial charge in [-0.1, -0.05) is 116 Å². The minimum atomic E-state index is -1.72. The summed E-state index contributed by atoms with van der Waals surface area (Å²) in [6, 6.07) is 23.5. The number of ether oxygens (including phenoxy) is 2. The number of nitrogens with zero attached hydrogens (tertiary/aromatic N) is 3. The van der Waals surface area contributed by atoms with Gasteiger partial charge in [0.15, 0.2) is 17.3 Å². The molecule has 0 bridgehead atoms. The van der Waals surface area contributed by atoms with Crippen molar-refractivity contribution in [2.75, 3.05) is 33.2 Å². The first-order valence-electron chi connectivity index (χ1n) is 39.4. The van der Waals surface area contributed by atoms with Crippen LogP contribution in [0.5, 0.6) is 17.2 Å². The maximum atomic E-state index is 14.2. The molecule has 14 N–H and O–H groups in total. The van der Waals surface area contributed by atoms with Crippen LogP contribution in [0, 0.1) is 17.8 Å². The zero-order chi connectivity index (χ0) is 89.7. The van der Waals surface area contributed by atoms with Crippen molar-refractivity contribution in [3.05, 3.63) is 160 Å². The average molecular weight is 1700 g/mol. The van der Waals surface area contributed by atoms with Gasteiger partial charge in [0.1, 0.15) is 46.1 Å². The number of nitrogens with one attached hydrogen (secondary N) is 7. The van der Waals surface area contributed by atoms with Gasteiger partial charge in [0.25, 0.3) is 23.6 Å². The number of aromatic carboxylic acids is 2. The summed E-state index contributed by atoms with van der Waals surface area (Å²) in [5, 5.41) is 87.6. The van der Waals surface area contributed by atoms with E-state index in [9.17, 15) is 97.7 Å². The lowest BCUT2D eigenvalue weighted by molar-refractivity contribution is -0.171. The Hall–Kier alpha value is -13.9. The van der Waals surface area contributed by atoms with Crippen LogP contribution < -0.4 is 46.7 Å². The number of carboxylic acid groups (broad SMARTS) is 4. The third kappa shape index (κ3) is 27.6. The fourth-order valence-corrected chi connectivity index (χ4v) is 13.3. The molecular weight excluding hydrogens is 1600 g/mol. The van der Waals surface area contributed by atoms with Crippen LogP contribution in [0.4, 0.5) is 0 Å². The molecule has 10 amide bonds. The van der Waals surface area contributed by atoms with Crippen LogP contribution >= 0.6 is 0 Å². The van der Waals surface area contributed by atoms with Crippen molar-refractivity contribution in [3.63, 3.8) is 0 Å². The molecule has 0 unspecified atom stereocenters. The summed E-state index contributed by atoms with van der Waals surface area (Å²) in [4.78, 5) is 193. The molecular formula is C84H102N10O28. The number of rotatable bonds is 51. The molecule has 0 spiro atoms. The van der Waals surface area contributed by atoms with Crippen LogP contribution in [0.25, 0.3) is 34.0 Å². The maximum Gasteiger partial charge on any atom is 0.370 e. The molecule has 7 aromatic rings. The molecule has 38 nitrogen and oxygen atoms in total. The highest BCUT2D eigenvalue weighted by Crippen LogP contribution is 2.38. The number of carboxylic acids is 4. The summed E-state index contributed by atoms with van der Waals surface area (Å²) >= 11 is 0. The molecule has 122 heavy (non-hydrogen) atoms. The highest BCUT2D eigenvalue weighted by molar-refractivity contribution is 6.03. The predicted octanol–water partition coefficient (Wildman–Crippen LogP) is 9.02. The number of phenols is 1. The Labute approximate surface area is 700 Å². The molecule has 0 aliphatic heterocycles. The van der Waals surface area contributed by atoms with Crippen molar-refractivity contribution in [3.8, 4) is 51.2 Å². The molecule has 656 valence electrons. The fourth-order valence-electron chi connectivity index (χ4n) is 13.3. The molecule has 0 saturated carbocycles. The Morgan fingerprint density at radius 2 is 0.885 bits per heavy atom. The standard InChI is InChI=1S/C59H71N7O19.C25H31N3O9/c1-6-11-13-18-38(42(7-2)65(80)33-67)53(72)60-31-62-57(76)48-26-24-46(84-48)37-27-44(69)52(50(29-37)82-10-5)59(79)85-66(34-68)43(8-3)39(21-19-35-16-14-12-15-17-35)54(73)61-32-63-56(75)47-25-23-45(83-47)36-20-22-40(49(28-36)81-9-4)55(74)64-41(58(77)78)30-51(70)71;1-3-5-6-7-17(19(4-2)28(36)14-29)22(30)26-13-27-23(31)21-11-10-20(37-21)15-8-9-16(24(32)33)18(12-15)25(34)35/h12,14-17,20,22-29,33-34,38-39,41-43,69,80H,6-11,13,18-19,21,30-32H2,1-5H3,(H,60,72)(H,61,73)(H,62,76)(H,63,75)(H,64,74)(H,70,71)(H,77,78);8-12,14,17,19,36H,3-7,13H2,1-2H3,(H,26,30)(H,27,31)(H,32,33)(H,34,35)/t38-,39-,41+,42-,43-;17-,19-/m11/s1. The van der Waals surface area contributed by atoms with Crippen LogP contribution in [0.15, 0.2) is 129 Å². The van der Waals surface area contributed by atoms with Crippen LogP contribution in [0.1, 0.15) is 211 Å². The third-order valence-electron chi connectivity index (χ3n) is 19.4. The van der Waals surface area contributed by atoms with Gasteiger partial charge in [-0.15, -0.1) is 0 Å². The van der Waals surface area contributed by atoms with E-state index >= 15 is 0 Å². The number of carbonyl (C=O) groups excluding carboxylic acids is 11. The second kappa shape index (κ2) is 48.8. The lowest BCUT2D eigenvalue weighted by Crippen LogP contribution is -2.49. The Morgan fingerprint density at radius 3 is 1.30 bits per heavy atom. The first-order valence-corrected chi connectivity index (χ1v) is 39.4. The molecule has 0 fully saturated rings. The van der Waals surface area contributed by atoms with Gasteiger partial charge in [0.2, 0.25) is 37.0 Å². The van der Waals surface area contributed by atoms with Gasteiger partial charge in [-0.25, -0.2) is 29.3 Å². The first-order chi connectivity index (χ1) is 58.5. The normalized spacial score (nSPS) is 12.5. The van der Waals surface area contributed by atoms with Gasteiger partial charge in [-0.3, -0.25) is 63.2 Å². The molecule has 7 rings (SSSR count). The van der Waals surface area contributed by atoms with Crippen molar-refractivity contribution in [2.45, 2.75) is 163 Å². The minimum Gasteiger partial charge on any atom is -0.507 e. The summed E-state index contributed by atoms with van der Waals surface area (Å²) in [7, 11) is 0. The highest BCUT2D eigenvalue weighted by atomic mass is 16.7. The van der Waals surface area contributed by atoms with Gasteiger partial charge in [-0.05, 0) is 137 Å². The summed E-state index contributed by atoms with van der Waals surface area (Å²) in [6.45, 7) is 11.5. The molecule has 3 aromatic heterocycles. The SMILES string of the molecule is CCCCC[C@@H](C(=O)NCNC(=O)c1ccc(-c2cc(O)c(C(=O)ON(C=O)[C@H](CC)[C@@H](CCc3ccccc3)C(=O)NCNC(=O)c3ccc(-c4ccc(C(=O)N[C@@H](CC(=O)O)C(=O)O)c(OCC)c4)o3)c(OCC)c2)o1)[C@@H](CC)N(O)C=O.CCCCC[C@@H](C(=O)NCNC(=O)c1ccc(-c2ccc(C(=O)O)c(C(=O)O)c2)o1)[C@@H](CC)N(O)C=O. The van der Waals surface area contributed by atoms with Crippen molar-refractivity contribution in [1.82, 2.24) is 52.4 Å². The molecule has 0 aliphatic carbocycles. The highest BCUT2D eigenvalue weighted by Gasteiger charge is 2.37. The number of aromatic hydroxyl groups is 1. The third-order valence-corrected chi connectivity index (χ3v) is 19.4. The summed E-state index contributed by atoms with van der Waals surface area (Å²) in [5.74, 6) is -15.1. The number of hydrogen-bond donors (Lipinski definition) is 14. The van der Waals surface area contributed by atoms with Crippen molar-refractivity contribution < 1.29 is 135 Å². The second-order valence-electron chi connectivity index (χ2n) is 27.5. The molecule has 3 heterocycles. The average Bonchev–Trinajstić information content (AvgIpc) is 1.59. The van der Waals surface area contributed by atoms with Crippen molar-refractivity contribution in [2.24, 2.45) is 17.8 Å². The number of furan rings is 3. The van der Waals surface area contributed by atoms with E-state index in [-0.39, 0.29) is 127 Å². The van der Waals surface area contributed by atoms with E-state index in [4.69, 9.17) is 37.8 Å². The molecule has 7 atom stereocenters. The van der Waals surface area contributed by atoms with Gasteiger partial charge in [-0.2, -0.15) is 5.06 Å². The molecule has 4 aromatic carbocycles. The molecule has 38 heteroatoms. The Kier molecular flexibility index (Phi) is 38.8. The maximum absolute atomic E-state index is 14.2. The monoisotopic (exact) mass is 1700 g/mol. The number of hydrogen-bond acceptors (Lipinski definition) is 24. The first kappa shape index (κ1) is 96.9. The van der Waals surface area contributed by atoms with Gasteiger partial charge < -0.3 is 90.3 Å². The Bertz CT molecular complexity index is 4770. The van der Waals surface area contributed by atoms with Crippen LogP contribution in [-0.4, -0.2) is 199 Å². The summed E-state index contributed by atoms with van der Waals surface area (Å²) in [6.07, 6.45) is 6.85.